The molecular weight excluding hydrogens is 427 g/mol. The van der Waals surface area contributed by atoms with Crippen LogP contribution in [-0.4, -0.2) is 50.0 Å². The minimum atomic E-state index is 0. The number of hydrogen-bond donors (Lipinski definition) is 2. The van der Waals surface area contributed by atoms with Gasteiger partial charge in [-0.15, -0.1) is 24.0 Å². The molecule has 1 unspecified atom stereocenters. The monoisotopic (exact) mass is 464 g/mol. The van der Waals surface area contributed by atoms with Crippen LogP contribution in [0.1, 0.15) is 64.7 Å². The van der Waals surface area contributed by atoms with Gasteiger partial charge in [0.05, 0.1) is 0 Å². The zero-order chi connectivity index (χ0) is 17.2. The fraction of sp³-hybridized carbons (Fsp3) is 0.895. The van der Waals surface area contributed by atoms with Gasteiger partial charge in [0.25, 0.3) is 0 Å². The molecule has 1 amide bonds. The van der Waals surface area contributed by atoms with Crippen LogP contribution in [0.15, 0.2) is 4.99 Å². The predicted octanol–water partition coefficient (Wildman–Crippen LogP) is 3.39. The van der Waals surface area contributed by atoms with E-state index < -0.39 is 0 Å². The molecule has 1 atom stereocenters. The number of carbonyl (C=O) groups excluding carboxylic acids is 1. The highest BCUT2D eigenvalue weighted by Gasteiger charge is 2.20. The van der Waals surface area contributed by atoms with Crippen molar-refractivity contribution in [1.82, 2.24) is 15.5 Å². The lowest BCUT2D eigenvalue weighted by Crippen LogP contribution is -2.42. The third-order valence-corrected chi connectivity index (χ3v) is 5.42. The topological polar surface area (TPSA) is 56.7 Å². The first kappa shape index (κ1) is 22.5. The van der Waals surface area contributed by atoms with Crippen molar-refractivity contribution >= 4 is 35.8 Å². The van der Waals surface area contributed by atoms with Crippen LogP contribution < -0.4 is 10.6 Å². The predicted molar refractivity (Wildman–Crippen MR) is 116 cm³/mol. The average Bonchev–Trinajstić information content (AvgIpc) is 3.10. The van der Waals surface area contributed by atoms with Crippen LogP contribution >= 0.6 is 24.0 Å². The van der Waals surface area contributed by atoms with E-state index in [1.165, 1.54) is 44.9 Å². The number of hydrogen-bond acceptors (Lipinski definition) is 2. The summed E-state index contributed by atoms with van der Waals surface area (Å²) >= 11 is 0. The van der Waals surface area contributed by atoms with Crippen molar-refractivity contribution in [1.29, 1.82) is 0 Å². The Balaban J connectivity index is 0.00000312. The van der Waals surface area contributed by atoms with Gasteiger partial charge in [-0.3, -0.25) is 9.79 Å². The van der Waals surface area contributed by atoms with Gasteiger partial charge in [0.15, 0.2) is 5.96 Å². The van der Waals surface area contributed by atoms with E-state index in [1.807, 2.05) is 4.90 Å². The minimum Gasteiger partial charge on any atom is -0.356 e. The van der Waals surface area contributed by atoms with Crippen LogP contribution in [0.25, 0.3) is 0 Å². The second kappa shape index (κ2) is 12.8. The highest BCUT2D eigenvalue weighted by atomic mass is 127. The van der Waals surface area contributed by atoms with Gasteiger partial charge < -0.3 is 15.5 Å². The maximum Gasteiger partial charge on any atom is 0.224 e. The Morgan fingerprint density at radius 2 is 1.84 bits per heavy atom. The van der Waals surface area contributed by atoms with Crippen molar-refractivity contribution in [2.24, 2.45) is 16.8 Å². The van der Waals surface area contributed by atoms with Crippen molar-refractivity contribution in [3.8, 4) is 0 Å². The first-order chi connectivity index (χ1) is 11.7. The molecule has 0 aromatic carbocycles. The van der Waals surface area contributed by atoms with E-state index in [9.17, 15) is 4.79 Å². The molecule has 25 heavy (non-hydrogen) atoms. The fourth-order valence-corrected chi connectivity index (χ4v) is 3.98. The summed E-state index contributed by atoms with van der Waals surface area (Å²) in [5.74, 6) is 2.68. The number of halogens is 1. The van der Waals surface area contributed by atoms with Crippen molar-refractivity contribution in [2.75, 3.05) is 33.2 Å². The zero-order valence-corrected chi connectivity index (χ0v) is 18.4. The molecule has 2 N–H and O–H groups in total. The van der Waals surface area contributed by atoms with Crippen LogP contribution in [0.4, 0.5) is 0 Å². The summed E-state index contributed by atoms with van der Waals surface area (Å²) in [5, 5.41) is 6.64. The first-order valence-electron chi connectivity index (χ1n) is 9.91. The number of guanidine groups is 1. The zero-order valence-electron chi connectivity index (χ0n) is 16.1. The molecule has 2 rings (SSSR count). The Morgan fingerprint density at radius 3 is 2.52 bits per heavy atom. The maximum atomic E-state index is 12.2. The number of carbonyl (C=O) groups is 1. The van der Waals surface area contributed by atoms with E-state index >= 15 is 0 Å². The van der Waals surface area contributed by atoms with E-state index in [0.717, 1.165) is 37.9 Å². The third kappa shape index (κ3) is 8.60. The van der Waals surface area contributed by atoms with Gasteiger partial charge in [-0.25, -0.2) is 0 Å². The maximum absolute atomic E-state index is 12.2. The van der Waals surface area contributed by atoms with Crippen LogP contribution in [0, 0.1) is 11.8 Å². The molecule has 146 valence electrons. The van der Waals surface area contributed by atoms with Gasteiger partial charge in [0.1, 0.15) is 0 Å². The lowest BCUT2D eigenvalue weighted by molar-refractivity contribution is -0.132. The van der Waals surface area contributed by atoms with Crippen LogP contribution in [0.5, 0.6) is 0 Å². The van der Waals surface area contributed by atoms with Gasteiger partial charge in [0.2, 0.25) is 5.91 Å². The number of nitrogens with one attached hydrogen (secondary N) is 2. The number of nitrogens with zero attached hydrogens (tertiary/aromatic N) is 2. The van der Waals surface area contributed by atoms with Crippen molar-refractivity contribution in [3.63, 3.8) is 0 Å². The van der Waals surface area contributed by atoms with Gasteiger partial charge in [0, 0.05) is 39.6 Å². The lowest BCUT2D eigenvalue weighted by Gasteiger charge is -2.31. The molecule has 2 aliphatic rings. The van der Waals surface area contributed by atoms with Crippen LogP contribution in [0.3, 0.4) is 0 Å². The second-order valence-electron chi connectivity index (χ2n) is 7.56. The quantitative estimate of drug-likeness (QED) is 0.263. The average molecular weight is 464 g/mol. The van der Waals surface area contributed by atoms with Crippen LogP contribution in [-0.2, 0) is 4.79 Å². The number of amides is 1. The normalized spacial score (nSPS) is 21.8. The molecule has 0 aromatic rings. The van der Waals surface area contributed by atoms with Crippen molar-refractivity contribution < 1.29 is 4.79 Å². The highest BCUT2D eigenvalue weighted by Crippen LogP contribution is 2.28. The summed E-state index contributed by atoms with van der Waals surface area (Å²) in [6.45, 7) is 5.71. The number of rotatable bonds is 7. The van der Waals surface area contributed by atoms with Crippen molar-refractivity contribution in [2.45, 2.75) is 64.7 Å². The molecule has 5 nitrogen and oxygen atoms in total. The van der Waals surface area contributed by atoms with E-state index in [4.69, 9.17) is 0 Å². The Kier molecular flexibility index (Phi) is 11.5. The Hall–Kier alpha value is -0.530. The van der Waals surface area contributed by atoms with Gasteiger partial charge in [-0.05, 0) is 37.5 Å². The molecule has 0 aromatic heterocycles. The van der Waals surface area contributed by atoms with Crippen LogP contribution in [0.2, 0.25) is 0 Å². The molecule has 1 aliphatic heterocycles. The van der Waals surface area contributed by atoms with E-state index in [0.29, 0.717) is 18.9 Å². The number of likely N-dealkylation sites (tertiary alicyclic amines) is 1. The van der Waals surface area contributed by atoms with Crippen molar-refractivity contribution in [3.05, 3.63) is 0 Å². The summed E-state index contributed by atoms with van der Waals surface area (Å²) in [7, 11) is 1.79. The molecule has 1 saturated carbocycles. The molecule has 1 heterocycles. The largest absolute Gasteiger partial charge is 0.356 e. The molecular formula is C19H37IN4O. The Labute approximate surface area is 170 Å². The Bertz CT molecular complexity index is 410. The van der Waals surface area contributed by atoms with E-state index in [2.05, 4.69) is 22.5 Å². The van der Waals surface area contributed by atoms with E-state index in [-0.39, 0.29) is 29.9 Å². The highest BCUT2D eigenvalue weighted by molar-refractivity contribution is 14.0. The molecule has 0 spiro atoms. The fourth-order valence-electron chi connectivity index (χ4n) is 3.98. The summed E-state index contributed by atoms with van der Waals surface area (Å²) < 4.78 is 0. The van der Waals surface area contributed by atoms with E-state index in [1.54, 1.807) is 7.05 Å². The molecule has 6 heteroatoms. The third-order valence-electron chi connectivity index (χ3n) is 5.42. The molecule has 1 saturated heterocycles. The minimum absolute atomic E-state index is 0. The molecule has 0 radical (unpaired) electrons. The first-order valence-corrected chi connectivity index (χ1v) is 9.91. The summed E-state index contributed by atoms with van der Waals surface area (Å²) in [5.41, 5.74) is 0. The lowest BCUT2D eigenvalue weighted by atomic mass is 10.00. The molecule has 1 aliphatic carbocycles. The summed E-state index contributed by atoms with van der Waals surface area (Å²) in [6, 6.07) is 0. The van der Waals surface area contributed by atoms with Gasteiger partial charge >= 0.3 is 0 Å². The molecule has 2 fully saturated rings. The second-order valence-corrected chi connectivity index (χ2v) is 7.56. The summed E-state index contributed by atoms with van der Waals surface area (Å²) in [4.78, 5) is 18.5. The van der Waals surface area contributed by atoms with Gasteiger partial charge in [-0.1, -0.05) is 32.6 Å². The SMILES string of the molecule is CN=C(NCCCC1CCCC1)NCCC(=O)N1CCCC(C)C1.I. The number of piperidine rings is 1. The number of aliphatic imine (C=N–C) groups is 1. The standard InChI is InChI=1S/C19H36N4O.HI/c1-16-7-6-14-23(15-16)18(24)11-13-22-19(20-2)21-12-5-10-17-8-3-4-9-17;/h16-17H,3-15H2,1-2H3,(H2,20,21,22);1H. The Morgan fingerprint density at radius 1 is 1.12 bits per heavy atom. The van der Waals surface area contributed by atoms with Gasteiger partial charge in [-0.2, -0.15) is 0 Å². The smallest absolute Gasteiger partial charge is 0.224 e. The summed E-state index contributed by atoms with van der Waals surface area (Å²) in [6.07, 6.45) is 11.2. The molecule has 0 bridgehead atoms.